The van der Waals surface area contributed by atoms with Gasteiger partial charge >= 0.3 is 0 Å². The minimum absolute atomic E-state index is 0.00142. The van der Waals surface area contributed by atoms with Crippen LogP contribution in [0.25, 0.3) is 0 Å². The van der Waals surface area contributed by atoms with E-state index in [2.05, 4.69) is 10.3 Å². The topological polar surface area (TPSA) is 42.0 Å². The Bertz CT molecular complexity index is 543. The fourth-order valence-corrected chi connectivity index (χ4v) is 2.47. The number of hydrogen-bond acceptors (Lipinski definition) is 3. The number of nitrogens with zero attached hydrogens (tertiary/aromatic N) is 1. The molecule has 2 aromatic rings. The molecule has 4 heteroatoms. The second-order valence-corrected chi connectivity index (χ2v) is 5.29. The first kappa shape index (κ1) is 13.6. The number of aryl methyl sites for hydroxylation is 1. The van der Waals surface area contributed by atoms with E-state index >= 15 is 0 Å². The molecule has 1 heterocycles. The van der Waals surface area contributed by atoms with Crippen molar-refractivity contribution < 1.29 is 4.79 Å². The lowest BCUT2D eigenvalue weighted by atomic mass is 10.3. The van der Waals surface area contributed by atoms with Crippen LogP contribution in [0.1, 0.15) is 12.1 Å². The molecule has 1 amide bonds. The predicted molar refractivity (Wildman–Crippen MR) is 79.4 cm³/mol. The van der Waals surface area contributed by atoms with Crippen LogP contribution < -0.4 is 5.32 Å². The van der Waals surface area contributed by atoms with Gasteiger partial charge in [-0.2, -0.15) is 0 Å². The van der Waals surface area contributed by atoms with E-state index in [9.17, 15) is 4.79 Å². The normalized spacial score (nSPS) is 10.2. The van der Waals surface area contributed by atoms with Crippen molar-refractivity contribution >= 4 is 23.5 Å². The van der Waals surface area contributed by atoms with E-state index in [0.717, 1.165) is 11.4 Å². The van der Waals surface area contributed by atoms with Crippen molar-refractivity contribution in [3.63, 3.8) is 0 Å². The standard InChI is InChI=1S/C15H16N2OS/c1-12-6-5-9-14(16-12)17-15(18)10-11-19-13-7-3-2-4-8-13/h2-9H,10-11H2,1H3,(H,16,17,18). The van der Waals surface area contributed by atoms with Gasteiger partial charge in [-0.1, -0.05) is 24.3 Å². The van der Waals surface area contributed by atoms with Gasteiger partial charge in [-0.3, -0.25) is 4.79 Å². The predicted octanol–water partition coefficient (Wildman–Crippen LogP) is 3.51. The molecule has 1 aromatic heterocycles. The first-order valence-corrected chi connectivity index (χ1v) is 7.14. The molecule has 0 atom stereocenters. The van der Waals surface area contributed by atoms with Gasteiger partial charge in [-0.05, 0) is 31.2 Å². The van der Waals surface area contributed by atoms with E-state index in [-0.39, 0.29) is 5.91 Å². The van der Waals surface area contributed by atoms with Gasteiger partial charge in [0.25, 0.3) is 0 Å². The van der Waals surface area contributed by atoms with Crippen LogP contribution in [0.4, 0.5) is 5.82 Å². The summed E-state index contributed by atoms with van der Waals surface area (Å²) in [5, 5.41) is 2.81. The number of benzene rings is 1. The molecule has 0 aliphatic rings. The highest BCUT2D eigenvalue weighted by Crippen LogP contribution is 2.17. The van der Waals surface area contributed by atoms with Gasteiger partial charge in [0.1, 0.15) is 5.82 Å². The summed E-state index contributed by atoms with van der Waals surface area (Å²) in [6.45, 7) is 1.90. The van der Waals surface area contributed by atoms with Crippen molar-refractivity contribution in [3.8, 4) is 0 Å². The second-order valence-electron chi connectivity index (χ2n) is 4.12. The van der Waals surface area contributed by atoms with Crippen molar-refractivity contribution in [2.45, 2.75) is 18.2 Å². The van der Waals surface area contributed by atoms with Crippen LogP contribution in [-0.4, -0.2) is 16.6 Å². The molecule has 1 aromatic carbocycles. The maximum Gasteiger partial charge on any atom is 0.226 e. The Hall–Kier alpha value is -1.81. The molecular formula is C15H16N2OS. The number of anilines is 1. The Balaban J connectivity index is 1.76. The number of carbonyl (C=O) groups is 1. The largest absolute Gasteiger partial charge is 0.311 e. The lowest BCUT2D eigenvalue weighted by molar-refractivity contribution is -0.115. The lowest BCUT2D eigenvalue weighted by Crippen LogP contribution is -2.13. The Morgan fingerprint density at radius 3 is 2.68 bits per heavy atom. The Morgan fingerprint density at radius 2 is 1.95 bits per heavy atom. The van der Waals surface area contributed by atoms with Crippen molar-refractivity contribution in [1.82, 2.24) is 4.98 Å². The fraction of sp³-hybridized carbons (Fsp3) is 0.200. The fourth-order valence-electron chi connectivity index (χ4n) is 1.60. The van der Waals surface area contributed by atoms with E-state index in [4.69, 9.17) is 0 Å². The summed E-state index contributed by atoms with van der Waals surface area (Å²) in [6, 6.07) is 15.7. The van der Waals surface area contributed by atoms with Crippen LogP contribution in [0.15, 0.2) is 53.4 Å². The molecule has 0 saturated carbocycles. The molecule has 98 valence electrons. The maximum absolute atomic E-state index is 11.7. The molecule has 0 unspecified atom stereocenters. The molecule has 0 saturated heterocycles. The summed E-state index contributed by atoms with van der Waals surface area (Å²) in [6.07, 6.45) is 0.481. The van der Waals surface area contributed by atoms with Crippen molar-refractivity contribution in [2.75, 3.05) is 11.1 Å². The minimum Gasteiger partial charge on any atom is -0.311 e. The smallest absolute Gasteiger partial charge is 0.226 e. The molecule has 0 fully saturated rings. The number of carbonyl (C=O) groups excluding carboxylic acids is 1. The average molecular weight is 272 g/mol. The molecule has 3 nitrogen and oxygen atoms in total. The number of thioether (sulfide) groups is 1. The van der Waals surface area contributed by atoms with E-state index in [1.54, 1.807) is 17.8 Å². The number of nitrogens with one attached hydrogen (secondary N) is 1. The van der Waals surface area contributed by atoms with Crippen LogP contribution in [0.5, 0.6) is 0 Å². The number of amides is 1. The highest BCUT2D eigenvalue weighted by molar-refractivity contribution is 7.99. The molecule has 19 heavy (non-hydrogen) atoms. The highest BCUT2D eigenvalue weighted by Gasteiger charge is 2.03. The highest BCUT2D eigenvalue weighted by atomic mass is 32.2. The van der Waals surface area contributed by atoms with Gasteiger partial charge in [0.15, 0.2) is 0 Å². The second kappa shape index (κ2) is 6.95. The van der Waals surface area contributed by atoms with Crippen LogP contribution in [-0.2, 0) is 4.79 Å². The maximum atomic E-state index is 11.7. The van der Waals surface area contributed by atoms with Gasteiger partial charge in [0.2, 0.25) is 5.91 Å². The van der Waals surface area contributed by atoms with E-state index in [1.165, 1.54) is 4.90 Å². The van der Waals surface area contributed by atoms with E-state index in [1.807, 2.05) is 49.4 Å². The molecule has 0 aliphatic heterocycles. The van der Waals surface area contributed by atoms with Crippen molar-refractivity contribution in [2.24, 2.45) is 0 Å². The number of rotatable bonds is 5. The third-order valence-corrected chi connectivity index (χ3v) is 3.51. The third-order valence-electron chi connectivity index (χ3n) is 2.50. The third kappa shape index (κ3) is 4.75. The molecule has 0 bridgehead atoms. The zero-order valence-corrected chi connectivity index (χ0v) is 11.6. The summed E-state index contributed by atoms with van der Waals surface area (Å²) in [5.41, 5.74) is 0.900. The molecular weight excluding hydrogens is 256 g/mol. The Kier molecular flexibility index (Phi) is 4.98. The number of hydrogen-bond donors (Lipinski definition) is 1. The monoisotopic (exact) mass is 272 g/mol. The zero-order valence-electron chi connectivity index (χ0n) is 10.8. The van der Waals surface area contributed by atoms with Crippen LogP contribution in [0.2, 0.25) is 0 Å². The Morgan fingerprint density at radius 1 is 1.16 bits per heavy atom. The summed E-state index contributed by atoms with van der Waals surface area (Å²) in [7, 11) is 0. The van der Waals surface area contributed by atoms with Gasteiger partial charge in [0, 0.05) is 22.8 Å². The number of aromatic nitrogens is 1. The minimum atomic E-state index is 0.00142. The van der Waals surface area contributed by atoms with Gasteiger partial charge < -0.3 is 5.32 Å². The molecule has 1 N–H and O–H groups in total. The first-order valence-electron chi connectivity index (χ1n) is 6.15. The molecule has 0 spiro atoms. The van der Waals surface area contributed by atoms with Gasteiger partial charge in [-0.25, -0.2) is 4.98 Å². The van der Waals surface area contributed by atoms with Crippen molar-refractivity contribution in [3.05, 3.63) is 54.2 Å². The first-order chi connectivity index (χ1) is 9.24. The lowest BCUT2D eigenvalue weighted by Gasteiger charge is -2.05. The summed E-state index contributed by atoms with van der Waals surface area (Å²) in [5.74, 6) is 1.39. The summed E-state index contributed by atoms with van der Waals surface area (Å²) < 4.78 is 0. The van der Waals surface area contributed by atoms with E-state index in [0.29, 0.717) is 12.2 Å². The van der Waals surface area contributed by atoms with E-state index < -0.39 is 0 Å². The van der Waals surface area contributed by atoms with Crippen LogP contribution >= 0.6 is 11.8 Å². The summed E-state index contributed by atoms with van der Waals surface area (Å²) in [4.78, 5) is 17.2. The molecule has 0 aliphatic carbocycles. The molecule has 0 radical (unpaired) electrons. The zero-order chi connectivity index (χ0) is 13.5. The summed E-state index contributed by atoms with van der Waals surface area (Å²) >= 11 is 1.68. The quantitative estimate of drug-likeness (QED) is 0.847. The van der Waals surface area contributed by atoms with Crippen molar-refractivity contribution in [1.29, 1.82) is 0 Å². The van der Waals surface area contributed by atoms with Crippen LogP contribution in [0, 0.1) is 6.92 Å². The average Bonchev–Trinajstić information content (AvgIpc) is 2.40. The SMILES string of the molecule is Cc1cccc(NC(=O)CCSc2ccccc2)n1. The van der Waals surface area contributed by atoms with Gasteiger partial charge in [-0.15, -0.1) is 11.8 Å². The van der Waals surface area contributed by atoms with Crippen LogP contribution in [0.3, 0.4) is 0 Å². The molecule has 2 rings (SSSR count). The Labute approximate surface area is 117 Å². The van der Waals surface area contributed by atoms with Gasteiger partial charge in [0.05, 0.1) is 0 Å². The number of pyridine rings is 1.